The minimum atomic E-state index is 0.00887. The van der Waals surface area contributed by atoms with Crippen molar-refractivity contribution >= 4 is 11.6 Å². The number of pyridine rings is 2. The van der Waals surface area contributed by atoms with Crippen LogP contribution in [0.3, 0.4) is 0 Å². The van der Waals surface area contributed by atoms with Gasteiger partial charge in [0.25, 0.3) is 0 Å². The molecule has 1 amide bonds. The van der Waals surface area contributed by atoms with Crippen molar-refractivity contribution in [2.75, 3.05) is 0 Å². The number of fused-ring (bicyclic) bond motifs is 3. The van der Waals surface area contributed by atoms with Gasteiger partial charge >= 0.3 is 0 Å². The molecule has 0 saturated carbocycles. The van der Waals surface area contributed by atoms with Crippen LogP contribution in [-0.4, -0.2) is 20.3 Å². The third-order valence-electron chi connectivity index (χ3n) is 4.68. The molecule has 1 aliphatic rings. The van der Waals surface area contributed by atoms with E-state index in [9.17, 15) is 4.79 Å². The highest BCUT2D eigenvalue weighted by Gasteiger charge is 2.27. The standard InChI is InChI=1S/C19H20N4O/c1-13-4-7-18-22-16-6-5-15(9-17(16)23(18)12-13)19(24)21-11-14-3-2-8-20-10-14/h2-4,7-8,10,12,15H,5-6,9,11H2,1H3,(H,21,24). The minimum Gasteiger partial charge on any atom is -0.352 e. The van der Waals surface area contributed by atoms with Gasteiger partial charge in [-0.25, -0.2) is 4.98 Å². The van der Waals surface area contributed by atoms with Gasteiger partial charge in [0.05, 0.1) is 5.69 Å². The van der Waals surface area contributed by atoms with E-state index in [4.69, 9.17) is 4.98 Å². The van der Waals surface area contributed by atoms with Crippen molar-refractivity contribution < 1.29 is 4.79 Å². The summed E-state index contributed by atoms with van der Waals surface area (Å²) in [6.45, 7) is 2.61. The summed E-state index contributed by atoms with van der Waals surface area (Å²) < 4.78 is 2.14. The van der Waals surface area contributed by atoms with Gasteiger partial charge in [0, 0.05) is 43.2 Å². The van der Waals surface area contributed by atoms with E-state index in [-0.39, 0.29) is 11.8 Å². The first-order valence-electron chi connectivity index (χ1n) is 8.34. The van der Waals surface area contributed by atoms with Crippen LogP contribution in [0.2, 0.25) is 0 Å². The number of amides is 1. The Balaban J connectivity index is 1.50. The molecule has 0 fully saturated rings. The van der Waals surface area contributed by atoms with Crippen molar-refractivity contribution in [3.8, 4) is 0 Å². The number of aryl methyl sites for hydroxylation is 2. The summed E-state index contributed by atoms with van der Waals surface area (Å²) in [7, 11) is 0. The predicted octanol–water partition coefficient (Wildman–Crippen LogP) is 2.46. The highest BCUT2D eigenvalue weighted by Crippen LogP contribution is 2.27. The van der Waals surface area contributed by atoms with Crippen LogP contribution >= 0.6 is 0 Å². The molecular weight excluding hydrogens is 300 g/mol. The molecule has 1 unspecified atom stereocenters. The number of carbonyl (C=O) groups excluding carboxylic acids is 1. The third-order valence-corrected chi connectivity index (χ3v) is 4.68. The van der Waals surface area contributed by atoms with Crippen LogP contribution in [0, 0.1) is 12.8 Å². The summed E-state index contributed by atoms with van der Waals surface area (Å²) in [5, 5.41) is 3.04. The van der Waals surface area contributed by atoms with Gasteiger partial charge in [-0.1, -0.05) is 12.1 Å². The monoisotopic (exact) mass is 320 g/mol. The Labute approximate surface area is 140 Å². The lowest BCUT2D eigenvalue weighted by atomic mass is 9.89. The Morgan fingerprint density at radius 1 is 1.38 bits per heavy atom. The third kappa shape index (κ3) is 2.77. The van der Waals surface area contributed by atoms with E-state index in [0.29, 0.717) is 6.54 Å². The van der Waals surface area contributed by atoms with Crippen molar-refractivity contribution in [1.29, 1.82) is 0 Å². The molecule has 1 aliphatic carbocycles. The van der Waals surface area contributed by atoms with Gasteiger partial charge < -0.3 is 9.72 Å². The van der Waals surface area contributed by atoms with E-state index in [1.54, 1.807) is 12.4 Å². The summed E-state index contributed by atoms with van der Waals surface area (Å²) >= 11 is 0. The molecule has 3 aromatic heterocycles. The van der Waals surface area contributed by atoms with E-state index in [1.807, 2.05) is 18.2 Å². The summed E-state index contributed by atoms with van der Waals surface area (Å²) in [4.78, 5) is 21.3. The van der Waals surface area contributed by atoms with Gasteiger partial charge in [0.15, 0.2) is 0 Å². The second-order valence-electron chi connectivity index (χ2n) is 6.46. The van der Waals surface area contributed by atoms with E-state index >= 15 is 0 Å². The Kier molecular flexibility index (Phi) is 3.76. The fraction of sp³-hybridized carbons (Fsp3) is 0.316. The van der Waals surface area contributed by atoms with Crippen molar-refractivity contribution in [3.63, 3.8) is 0 Å². The van der Waals surface area contributed by atoms with Crippen LogP contribution in [-0.2, 0) is 24.2 Å². The zero-order valence-electron chi connectivity index (χ0n) is 13.7. The zero-order chi connectivity index (χ0) is 16.5. The number of hydrogen-bond acceptors (Lipinski definition) is 3. The molecule has 1 atom stereocenters. The second-order valence-corrected chi connectivity index (χ2v) is 6.46. The topological polar surface area (TPSA) is 59.3 Å². The fourth-order valence-corrected chi connectivity index (χ4v) is 3.37. The molecule has 4 rings (SSSR count). The molecule has 122 valence electrons. The van der Waals surface area contributed by atoms with Crippen LogP contribution in [0.5, 0.6) is 0 Å². The molecule has 0 saturated heterocycles. The first kappa shape index (κ1) is 14.9. The molecule has 3 heterocycles. The average Bonchev–Trinajstić information content (AvgIpc) is 2.97. The molecule has 0 radical (unpaired) electrons. The number of rotatable bonds is 3. The van der Waals surface area contributed by atoms with Gasteiger partial charge in [-0.3, -0.25) is 9.78 Å². The first-order valence-corrected chi connectivity index (χ1v) is 8.34. The van der Waals surface area contributed by atoms with E-state index in [2.05, 4.69) is 33.9 Å². The van der Waals surface area contributed by atoms with Crippen molar-refractivity contribution in [3.05, 3.63) is 65.4 Å². The normalized spacial score (nSPS) is 16.8. The Bertz CT molecular complexity index is 885. The predicted molar refractivity (Wildman–Crippen MR) is 91.5 cm³/mol. The summed E-state index contributed by atoms with van der Waals surface area (Å²) in [6.07, 6.45) is 8.10. The van der Waals surface area contributed by atoms with Crippen LogP contribution in [0.15, 0.2) is 42.9 Å². The van der Waals surface area contributed by atoms with Crippen molar-refractivity contribution in [2.45, 2.75) is 32.7 Å². The maximum absolute atomic E-state index is 12.5. The van der Waals surface area contributed by atoms with Crippen LogP contribution in [0.25, 0.3) is 5.65 Å². The molecular formula is C19H20N4O. The SMILES string of the molecule is Cc1ccc2nc3c(n2c1)CC(C(=O)NCc1cccnc1)CC3. The maximum atomic E-state index is 12.5. The molecule has 24 heavy (non-hydrogen) atoms. The Hall–Kier alpha value is -2.69. The lowest BCUT2D eigenvalue weighted by Gasteiger charge is -2.21. The van der Waals surface area contributed by atoms with Gasteiger partial charge in [-0.2, -0.15) is 0 Å². The highest BCUT2D eigenvalue weighted by molar-refractivity contribution is 5.79. The van der Waals surface area contributed by atoms with Crippen LogP contribution in [0.4, 0.5) is 0 Å². The molecule has 0 aromatic carbocycles. The van der Waals surface area contributed by atoms with E-state index in [0.717, 1.165) is 36.2 Å². The van der Waals surface area contributed by atoms with E-state index < -0.39 is 0 Å². The molecule has 5 heteroatoms. The minimum absolute atomic E-state index is 0.00887. The molecule has 0 aliphatic heterocycles. The number of nitrogens with one attached hydrogen (secondary N) is 1. The lowest BCUT2D eigenvalue weighted by molar-refractivity contribution is -0.125. The van der Waals surface area contributed by atoms with E-state index in [1.165, 1.54) is 11.3 Å². The van der Waals surface area contributed by atoms with Crippen molar-refractivity contribution in [1.82, 2.24) is 19.7 Å². The Morgan fingerprint density at radius 2 is 2.29 bits per heavy atom. The number of aromatic nitrogens is 3. The molecule has 0 bridgehead atoms. The Morgan fingerprint density at radius 3 is 3.12 bits per heavy atom. The zero-order valence-corrected chi connectivity index (χ0v) is 13.7. The summed E-state index contributed by atoms with van der Waals surface area (Å²) in [5.41, 5.74) is 5.51. The molecule has 0 spiro atoms. The first-order chi connectivity index (χ1) is 11.7. The van der Waals surface area contributed by atoms with Gasteiger partial charge in [0.2, 0.25) is 5.91 Å². The average molecular weight is 320 g/mol. The second kappa shape index (κ2) is 6.07. The maximum Gasteiger partial charge on any atom is 0.223 e. The van der Waals surface area contributed by atoms with Crippen molar-refractivity contribution in [2.24, 2.45) is 5.92 Å². The smallest absolute Gasteiger partial charge is 0.223 e. The number of imidazole rings is 1. The molecule has 5 nitrogen and oxygen atoms in total. The highest BCUT2D eigenvalue weighted by atomic mass is 16.1. The number of carbonyl (C=O) groups is 1. The lowest BCUT2D eigenvalue weighted by Crippen LogP contribution is -2.34. The molecule has 1 N–H and O–H groups in total. The molecule has 3 aromatic rings. The summed E-state index contributed by atoms with van der Waals surface area (Å²) in [5.74, 6) is 0.127. The largest absolute Gasteiger partial charge is 0.352 e. The van der Waals surface area contributed by atoms with Gasteiger partial charge in [-0.15, -0.1) is 0 Å². The fourth-order valence-electron chi connectivity index (χ4n) is 3.37. The van der Waals surface area contributed by atoms with Crippen LogP contribution < -0.4 is 5.32 Å². The summed E-state index contributed by atoms with van der Waals surface area (Å²) in [6, 6.07) is 7.98. The van der Waals surface area contributed by atoms with Gasteiger partial charge in [0.1, 0.15) is 5.65 Å². The number of nitrogens with zero attached hydrogens (tertiary/aromatic N) is 3. The van der Waals surface area contributed by atoms with Gasteiger partial charge in [-0.05, 0) is 43.0 Å². The van der Waals surface area contributed by atoms with Crippen LogP contribution in [0.1, 0.15) is 28.9 Å². The quantitative estimate of drug-likeness (QED) is 0.806. The number of hydrogen-bond donors (Lipinski definition) is 1.